The van der Waals surface area contributed by atoms with E-state index in [0.717, 1.165) is 15.9 Å². The first-order chi connectivity index (χ1) is 11.3. The molecule has 24 heavy (non-hydrogen) atoms. The summed E-state index contributed by atoms with van der Waals surface area (Å²) in [6.07, 6.45) is 0. The maximum absolute atomic E-state index is 12.0. The number of carbonyl (C=O) groups excluding carboxylic acids is 1. The van der Waals surface area contributed by atoms with Gasteiger partial charge in [-0.2, -0.15) is 4.80 Å². The molecule has 128 valence electrons. The molecular formula is C14H16ClN5O3S. The highest BCUT2D eigenvalue weighted by Crippen LogP contribution is 2.18. The fourth-order valence-corrected chi connectivity index (χ4v) is 5.00. The van der Waals surface area contributed by atoms with E-state index in [0.29, 0.717) is 5.82 Å². The van der Waals surface area contributed by atoms with Crippen LogP contribution in [0.3, 0.4) is 0 Å². The van der Waals surface area contributed by atoms with Crippen LogP contribution in [0.1, 0.15) is 5.56 Å². The molecule has 0 bridgehead atoms. The van der Waals surface area contributed by atoms with Gasteiger partial charge in [0.05, 0.1) is 22.9 Å². The van der Waals surface area contributed by atoms with E-state index >= 15 is 0 Å². The number of alkyl halides is 1. The number of nitrogens with one attached hydrogen (secondary N) is 1. The molecule has 3 rings (SSSR count). The highest BCUT2D eigenvalue weighted by Gasteiger charge is 2.37. The number of benzene rings is 1. The van der Waals surface area contributed by atoms with E-state index in [1.54, 1.807) is 0 Å². The number of tetrazole rings is 1. The molecule has 1 N–H and O–H groups in total. The number of hydrogen-bond acceptors (Lipinski definition) is 6. The van der Waals surface area contributed by atoms with Crippen LogP contribution in [0.4, 0.5) is 0 Å². The van der Waals surface area contributed by atoms with Crippen LogP contribution >= 0.6 is 11.6 Å². The van der Waals surface area contributed by atoms with Gasteiger partial charge in [-0.15, -0.1) is 21.8 Å². The molecule has 0 unspecified atom stereocenters. The average Bonchev–Trinajstić information content (AvgIpc) is 3.04. The van der Waals surface area contributed by atoms with Gasteiger partial charge < -0.3 is 5.32 Å². The van der Waals surface area contributed by atoms with E-state index in [4.69, 9.17) is 11.6 Å². The molecule has 2 heterocycles. The van der Waals surface area contributed by atoms with Crippen LogP contribution in [0, 0.1) is 6.92 Å². The van der Waals surface area contributed by atoms with E-state index in [-0.39, 0.29) is 18.1 Å². The maximum Gasteiger partial charge on any atom is 0.243 e. The normalized spacial score (nSPS) is 22.4. The Kier molecular flexibility index (Phi) is 4.55. The van der Waals surface area contributed by atoms with Gasteiger partial charge in [0.1, 0.15) is 6.54 Å². The lowest BCUT2D eigenvalue weighted by molar-refractivity contribution is -0.122. The van der Waals surface area contributed by atoms with Gasteiger partial charge in [-0.1, -0.05) is 29.8 Å². The lowest BCUT2D eigenvalue weighted by atomic mass is 10.1. The van der Waals surface area contributed by atoms with Gasteiger partial charge in [-0.3, -0.25) is 4.79 Å². The van der Waals surface area contributed by atoms with E-state index in [9.17, 15) is 13.2 Å². The molecule has 1 aliphatic heterocycles. The molecule has 0 radical (unpaired) electrons. The van der Waals surface area contributed by atoms with Gasteiger partial charge in [-0.25, -0.2) is 8.42 Å². The number of amides is 1. The topological polar surface area (TPSA) is 107 Å². The second kappa shape index (κ2) is 6.48. The number of rotatable bonds is 4. The molecule has 1 aromatic heterocycles. The largest absolute Gasteiger partial charge is 0.349 e. The molecule has 8 nitrogen and oxygen atoms in total. The van der Waals surface area contributed by atoms with Gasteiger partial charge in [0.2, 0.25) is 11.7 Å². The number of nitrogens with zero attached hydrogens (tertiary/aromatic N) is 4. The second-order valence-corrected chi connectivity index (χ2v) is 8.49. The van der Waals surface area contributed by atoms with Crippen molar-refractivity contribution in [2.24, 2.45) is 0 Å². The summed E-state index contributed by atoms with van der Waals surface area (Å²) in [6, 6.07) is 7.02. The van der Waals surface area contributed by atoms with Crippen molar-refractivity contribution in [3.8, 4) is 11.4 Å². The fraction of sp³-hybridized carbons (Fsp3) is 0.429. The molecule has 0 spiro atoms. The lowest BCUT2D eigenvalue weighted by Gasteiger charge is -2.13. The summed E-state index contributed by atoms with van der Waals surface area (Å²) in [4.78, 5) is 13.2. The molecule has 1 amide bonds. The first kappa shape index (κ1) is 16.8. The maximum atomic E-state index is 12.0. The van der Waals surface area contributed by atoms with Gasteiger partial charge >= 0.3 is 0 Å². The van der Waals surface area contributed by atoms with Gasteiger partial charge in [-0.05, 0) is 12.1 Å². The highest BCUT2D eigenvalue weighted by molar-refractivity contribution is 7.91. The van der Waals surface area contributed by atoms with E-state index < -0.39 is 27.2 Å². The zero-order valence-corrected chi connectivity index (χ0v) is 14.5. The van der Waals surface area contributed by atoms with E-state index in [2.05, 4.69) is 20.7 Å². The van der Waals surface area contributed by atoms with Crippen molar-refractivity contribution >= 4 is 27.3 Å². The number of halogens is 1. The van der Waals surface area contributed by atoms with Gasteiger partial charge in [0.25, 0.3) is 0 Å². The Morgan fingerprint density at radius 3 is 2.67 bits per heavy atom. The molecular weight excluding hydrogens is 354 g/mol. The summed E-state index contributed by atoms with van der Waals surface area (Å²) in [7, 11) is -3.20. The zero-order valence-electron chi connectivity index (χ0n) is 12.9. The Morgan fingerprint density at radius 1 is 1.33 bits per heavy atom. The van der Waals surface area contributed by atoms with Crippen molar-refractivity contribution in [3.05, 3.63) is 29.8 Å². The summed E-state index contributed by atoms with van der Waals surface area (Å²) in [6.45, 7) is 1.82. The molecule has 1 aromatic carbocycles. The van der Waals surface area contributed by atoms with Crippen molar-refractivity contribution in [1.29, 1.82) is 0 Å². The Labute approximate surface area is 144 Å². The third-order valence-electron chi connectivity index (χ3n) is 3.68. The Hall–Kier alpha value is -2.00. The number of aryl methyl sites for hydroxylation is 1. The number of sulfone groups is 1. The van der Waals surface area contributed by atoms with Crippen LogP contribution in [0.5, 0.6) is 0 Å². The predicted octanol–water partition coefficient (Wildman–Crippen LogP) is 0.169. The predicted molar refractivity (Wildman–Crippen MR) is 88.2 cm³/mol. The molecule has 0 aliphatic carbocycles. The van der Waals surface area contributed by atoms with Crippen LogP contribution in [-0.2, 0) is 21.2 Å². The number of carbonyl (C=O) groups is 1. The third kappa shape index (κ3) is 3.90. The second-order valence-electron chi connectivity index (χ2n) is 5.78. The van der Waals surface area contributed by atoms with Gasteiger partial charge in [0.15, 0.2) is 9.84 Å². The third-order valence-corrected chi connectivity index (χ3v) is 6.05. The zero-order chi connectivity index (χ0) is 17.3. The fourth-order valence-electron chi connectivity index (χ4n) is 2.45. The van der Waals surface area contributed by atoms with Crippen LogP contribution in [0.2, 0.25) is 0 Å². The summed E-state index contributed by atoms with van der Waals surface area (Å²) >= 11 is 5.96. The van der Waals surface area contributed by atoms with Crippen LogP contribution in [0.25, 0.3) is 11.4 Å². The molecule has 2 atom stereocenters. The Bertz CT molecular complexity index is 850. The van der Waals surface area contributed by atoms with Crippen LogP contribution in [0.15, 0.2) is 24.3 Å². The summed E-state index contributed by atoms with van der Waals surface area (Å²) in [5.74, 6) is -0.262. The molecule has 1 saturated heterocycles. The highest BCUT2D eigenvalue weighted by atomic mass is 35.5. The standard InChI is InChI=1S/C14H16ClN5O3S/c1-9-2-4-10(5-3-9)14-17-19-20(18-14)6-13(21)16-12-8-24(22,23)7-11(12)15/h2-5,11-12H,6-8H2,1H3,(H,16,21)/t11-,12+/m1/s1. The molecule has 0 saturated carbocycles. The summed E-state index contributed by atoms with van der Waals surface area (Å²) in [5, 5.41) is 13.9. The first-order valence-electron chi connectivity index (χ1n) is 7.31. The minimum absolute atomic E-state index is 0.126. The SMILES string of the molecule is Cc1ccc(-c2nnn(CC(=O)N[C@H]3CS(=O)(=O)C[C@H]3Cl)n2)cc1. The van der Waals surface area contributed by atoms with Crippen molar-refractivity contribution in [1.82, 2.24) is 25.5 Å². The lowest BCUT2D eigenvalue weighted by Crippen LogP contribution is -2.42. The quantitative estimate of drug-likeness (QED) is 0.770. The van der Waals surface area contributed by atoms with E-state index in [1.807, 2.05) is 31.2 Å². The minimum Gasteiger partial charge on any atom is -0.349 e. The monoisotopic (exact) mass is 369 g/mol. The van der Waals surface area contributed by atoms with Crippen LogP contribution in [-0.4, -0.2) is 57.5 Å². The number of aromatic nitrogens is 4. The van der Waals surface area contributed by atoms with E-state index in [1.165, 1.54) is 0 Å². The summed E-state index contributed by atoms with van der Waals surface area (Å²) in [5.41, 5.74) is 1.92. The molecule has 10 heteroatoms. The smallest absolute Gasteiger partial charge is 0.243 e. The summed E-state index contributed by atoms with van der Waals surface area (Å²) < 4.78 is 23.0. The van der Waals surface area contributed by atoms with Crippen molar-refractivity contribution in [2.45, 2.75) is 24.9 Å². The number of hydrogen-bond donors (Lipinski definition) is 1. The minimum atomic E-state index is -3.20. The Morgan fingerprint density at radius 2 is 2.04 bits per heavy atom. The first-order valence-corrected chi connectivity index (χ1v) is 9.57. The van der Waals surface area contributed by atoms with Gasteiger partial charge in [0, 0.05) is 5.56 Å². The van der Waals surface area contributed by atoms with Crippen LogP contribution < -0.4 is 5.32 Å². The average molecular weight is 370 g/mol. The molecule has 2 aromatic rings. The molecule has 1 aliphatic rings. The Balaban J connectivity index is 1.62. The molecule has 1 fully saturated rings. The van der Waals surface area contributed by atoms with Crippen molar-refractivity contribution < 1.29 is 13.2 Å². The van der Waals surface area contributed by atoms with Crippen molar-refractivity contribution in [3.63, 3.8) is 0 Å². The van der Waals surface area contributed by atoms with Crippen molar-refractivity contribution in [2.75, 3.05) is 11.5 Å².